The van der Waals surface area contributed by atoms with Crippen molar-refractivity contribution in [3.05, 3.63) is 192 Å². The van der Waals surface area contributed by atoms with E-state index in [1.54, 1.807) is 152 Å². The minimum Gasteiger partial charge on any atom is -0.457 e. The molecular weight excluding hydrogens is 745 g/mol. The van der Waals surface area contributed by atoms with E-state index >= 15 is 0 Å². The van der Waals surface area contributed by atoms with Gasteiger partial charge in [-0.2, -0.15) is 0 Å². The summed E-state index contributed by atoms with van der Waals surface area (Å²) in [6.07, 6.45) is 0. The van der Waals surface area contributed by atoms with Crippen LogP contribution in [0.3, 0.4) is 0 Å². The molecule has 0 aliphatic rings. The van der Waals surface area contributed by atoms with Crippen LogP contribution in [0.5, 0.6) is 34.5 Å². The van der Waals surface area contributed by atoms with E-state index in [-0.39, 0.29) is 23.6 Å². The maximum atomic E-state index is 13.0. The molecule has 11 nitrogen and oxygen atoms in total. The molecule has 7 aromatic carbocycles. The lowest BCUT2D eigenvalue weighted by Crippen LogP contribution is -2.11. The Kier molecular flexibility index (Phi) is 12.0. The number of benzene rings is 7. The molecule has 292 valence electrons. The average molecular weight is 783 g/mol. The van der Waals surface area contributed by atoms with Gasteiger partial charge >= 0.3 is 0 Å². The molecule has 0 fully saturated rings. The molecule has 0 spiro atoms. The van der Waals surface area contributed by atoms with E-state index in [9.17, 15) is 19.2 Å². The summed E-state index contributed by atoms with van der Waals surface area (Å²) < 4.78 is 17.7. The second kappa shape index (κ2) is 18.2. The molecule has 0 radical (unpaired) electrons. The Hall–Kier alpha value is -8.18. The van der Waals surface area contributed by atoms with Crippen molar-refractivity contribution in [3.8, 4) is 34.5 Å². The standard InChI is InChI=1S/C48H38N4O7/c1-31-4-3-5-35(30-31)48(56)52-39-16-28-45(29-17-39)59-44-26-14-38(15-27-44)51-47(55)34-8-20-41(21-9-34)57-40-18-6-33(7-19-40)46(54)50-37-12-24-43(25-13-37)58-42-22-10-36(11-23-42)49-32(2)53/h3-30H,1-2H3,(H,49,53)(H,50,54)(H,51,55)(H,52,56). The number of nitrogens with one attached hydrogen (secondary N) is 4. The average Bonchev–Trinajstić information content (AvgIpc) is 3.24. The number of aryl methyl sites for hydroxylation is 1. The number of amides is 4. The molecule has 0 aromatic heterocycles. The fraction of sp³-hybridized carbons (Fsp3) is 0.0417. The fourth-order valence-electron chi connectivity index (χ4n) is 5.78. The summed E-state index contributed by atoms with van der Waals surface area (Å²) in [7, 11) is 0. The Morgan fingerprint density at radius 1 is 0.356 bits per heavy atom. The molecule has 0 unspecified atom stereocenters. The van der Waals surface area contributed by atoms with Crippen molar-refractivity contribution in [1.82, 2.24) is 0 Å². The van der Waals surface area contributed by atoms with Gasteiger partial charge in [0.05, 0.1) is 0 Å². The molecule has 11 heteroatoms. The first-order valence-corrected chi connectivity index (χ1v) is 18.5. The molecular formula is C48H38N4O7. The van der Waals surface area contributed by atoms with Crippen molar-refractivity contribution in [3.63, 3.8) is 0 Å². The molecule has 59 heavy (non-hydrogen) atoms. The van der Waals surface area contributed by atoms with Gasteiger partial charge in [0.2, 0.25) is 5.91 Å². The van der Waals surface area contributed by atoms with E-state index in [0.29, 0.717) is 73.9 Å². The third-order valence-electron chi connectivity index (χ3n) is 8.73. The summed E-state index contributed by atoms with van der Waals surface area (Å²) >= 11 is 0. The van der Waals surface area contributed by atoms with Crippen molar-refractivity contribution in [1.29, 1.82) is 0 Å². The lowest BCUT2D eigenvalue weighted by atomic mass is 10.1. The maximum Gasteiger partial charge on any atom is 0.255 e. The number of hydrogen-bond donors (Lipinski definition) is 4. The van der Waals surface area contributed by atoms with E-state index in [4.69, 9.17) is 14.2 Å². The molecule has 7 rings (SSSR count). The molecule has 0 atom stereocenters. The molecule has 0 aliphatic heterocycles. The van der Waals surface area contributed by atoms with Gasteiger partial charge in [-0.15, -0.1) is 0 Å². The molecule has 7 aromatic rings. The molecule has 0 heterocycles. The highest BCUT2D eigenvalue weighted by atomic mass is 16.5. The number of carbonyl (C=O) groups excluding carboxylic acids is 4. The van der Waals surface area contributed by atoms with Crippen molar-refractivity contribution in [2.45, 2.75) is 13.8 Å². The summed E-state index contributed by atoms with van der Waals surface area (Å²) in [5, 5.41) is 11.4. The molecule has 0 saturated heterocycles. The predicted octanol–water partition coefficient (Wildman–Crippen LogP) is 11.1. The maximum absolute atomic E-state index is 13.0. The first-order valence-electron chi connectivity index (χ1n) is 18.5. The van der Waals surface area contributed by atoms with Crippen LogP contribution in [0.25, 0.3) is 0 Å². The van der Waals surface area contributed by atoms with Gasteiger partial charge in [-0.05, 0) is 165 Å². The quantitative estimate of drug-likeness (QED) is 0.0911. The summed E-state index contributed by atoms with van der Waals surface area (Å²) in [5.74, 6) is 2.50. The largest absolute Gasteiger partial charge is 0.457 e. The molecule has 4 N–H and O–H groups in total. The van der Waals surface area contributed by atoms with E-state index in [2.05, 4.69) is 21.3 Å². The van der Waals surface area contributed by atoms with Gasteiger partial charge in [-0.25, -0.2) is 0 Å². The Labute approximate surface area is 340 Å². The van der Waals surface area contributed by atoms with Gasteiger partial charge in [0, 0.05) is 46.4 Å². The van der Waals surface area contributed by atoms with E-state index in [0.717, 1.165) is 5.56 Å². The van der Waals surface area contributed by atoms with Crippen LogP contribution in [0.1, 0.15) is 43.6 Å². The smallest absolute Gasteiger partial charge is 0.255 e. The van der Waals surface area contributed by atoms with E-state index < -0.39 is 0 Å². The van der Waals surface area contributed by atoms with Crippen molar-refractivity contribution in [2.24, 2.45) is 0 Å². The number of ether oxygens (including phenoxy) is 3. The van der Waals surface area contributed by atoms with Gasteiger partial charge in [-0.3, -0.25) is 19.2 Å². The summed E-state index contributed by atoms with van der Waals surface area (Å²) in [6, 6.07) is 48.9. The molecule has 0 aliphatic carbocycles. The van der Waals surface area contributed by atoms with Crippen LogP contribution in [0.2, 0.25) is 0 Å². The third-order valence-corrected chi connectivity index (χ3v) is 8.73. The van der Waals surface area contributed by atoms with Gasteiger partial charge in [0.25, 0.3) is 17.7 Å². The lowest BCUT2D eigenvalue weighted by molar-refractivity contribution is -0.114. The van der Waals surface area contributed by atoms with E-state index in [1.807, 2.05) is 25.1 Å². The highest BCUT2D eigenvalue weighted by Gasteiger charge is 2.11. The number of rotatable bonds is 13. The Bertz CT molecular complexity index is 2570. The summed E-state index contributed by atoms with van der Waals surface area (Å²) in [5.41, 5.74) is 5.00. The molecule has 4 amide bonds. The predicted molar refractivity (Wildman–Crippen MR) is 228 cm³/mol. The summed E-state index contributed by atoms with van der Waals surface area (Å²) in [4.78, 5) is 49.6. The Morgan fingerprint density at radius 3 is 0.949 bits per heavy atom. The van der Waals surface area contributed by atoms with Crippen LogP contribution in [-0.4, -0.2) is 23.6 Å². The van der Waals surface area contributed by atoms with Crippen molar-refractivity contribution >= 4 is 46.4 Å². The highest BCUT2D eigenvalue weighted by molar-refractivity contribution is 6.05. The van der Waals surface area contributed by atoms with Crippen LogP contribution in [0.4, 0.5) is 22.7 Å². The van der Waals surface area contributed by atoms with Crippen molar-refractivity contribution in [2.75, 3.05) is 21.3 Å². The number of anilines is 4. The van der Waals surface area contributed by atoms with Crippen molar-refractivity contribution < 1.29 is 33.4 Å². The second-order valence-corrected chi connectivity index (χ2v) is 13.4. The first kappa shape index (κ1) is 39.1. The normalized spacial score (nSPS) is 10.5. The monoisotopic (exact) mass is 782 g/mol. The number of carbonyl (C=O) groups is 4. The minimum absolute atomic E-state index is 0.149. The first-order chi connectivity index (χ1) is 28.6. The molecule has 0 saturated carbocycles. The Balaban J connectivity index is 0.850. The topological polar surface area (TPSA) is 144 Å². The highest BCUT2D eigenvalue weighted by Crippen LogP contribution is 2.28. The lowest BCUT2D eigenvalue weighted by Gasteiger charge is -2.11. The number of hydrogen-bond acceptors (Lipinski definition) is 7. The zero-order chi connectivity index (χ0) is 41.1. The van der Waals surface area contributed by atoms with E-state index in [1.165, 1.54) is 6.92 Å². The minimum atomic E-state index is -0.291. The van der Waals surface area contributed by atoms with Crippen LogP contribution in [0, 0.1) is 6.92 Å². The van der Waals surface area contributed by atoms with Gasteiger partial charge < -0.3 is 35.5 Å². The van der Waals surface area contributed by atoms with Crippen LogP contribution in [0.15, 0.2) is 170 Å². The van der Waals surface area contributed by atoms with Crippen LogP contribution >= 0.6 is 0 Å². The van der Waals surface area contributed by atoms with Gasteiger partial charge in [-0.1, -0.05) is 17.7 Å². The van der Waals surface area contributed by atoms with Crippen LogP contribution in [-0.2, 0) is 4.79 Å². The van der Waals surface area contributed by atoms with Gasteiger partial charge in [0.1, 0.15) is 34.5 Å². The second-order valence-electron chi connectivity index (χ2n) is 13.4. The SMILES string of the molecule is CC(=O)Nc1ccc(Oc2ccc(NC(=O)c3ccc(Oc4ccc(C(=O)Nc5ccc(Oc6ccc(NC(=O)c7cccc(C)c7)cc6)cc5)cc4)cc3)cc2)cc1. The zero-order valence-electron chi connectivity index (χ0n) is 32.0. The van der Waals surface area contributed by atoms with Crippen LogP contribution < -0.4 is 35.5 Å². The Morgan fingerprint density at radius 2 is 0.644 bits per heavy atom. The zero-order valence-corrected chi connectivity index (χ0v) is 32.0. The molecule has 0 bridgehead atoms. The van der Waals surface area contributed by atoms with Gasteiger partial charge in [0.15, 0.2) is 0 Å². The third kappa shape index (κ3) is 11.0. The summed E-state index contributed by atoms with van der Waals surface area (Å²) in [6.45, 7) is 3.39. The fourth-order valence-corrected chi connectivity index (χ4v) is 5.78.